The van der Waals surface area contributed by atoms with E-state index in [2.05, 4.69) is 20.6 Å². The van der Waals surface area contributed by atoms with Gasteiger partial charge in [-0.2, -0.15) is 26.3 Å². The number of pyridine rings is 2. The largest absolute Gasteiger partial charge is 0.416 e. The zero-order chi connectivity index (χ0) is 35.7. The maximum atomic E-state index is 13.0. The Morgan fingerprint density at radius 2 is 0.900 bits per heavy atom. The summed E-state index contributed by atoms with van der Waals surface area (Å²) in [7, 11) is 0. The predicted octanol–water partition coefficient (Wildman–Crippen LogP) is 6.38. The van der Waals surface area contributed by atoms with Gasteiger partial charge in [-0.1, -0.05) is 0 Å². The number of amides is 2. The first-order valence-electron chi connectivity index (χ1n) is 15.4. The number of alkyl halides is 6. The van der Waals surface area contributed by atoms with Gasteiger partial charge in [-0.25, -0.2) is 0 Å². The molecule has 16 heteroatoms. The van der Waals surface area contributed by atoms with Crippen molar-refractivity contribution in [3.8, 4) is 0 Å². The summed E-state index contributed by atoms with van der Waals surface area (Å²) in [5.41, 5.74) is 0.347. The van der Waals surface area contributed by atoms with E-state index >= 15 is 0 Å². The number of halogens is 6. The van der Waals surface area contributed by atoms with E-state index in [-0.39, 0.29) is 11.4 Å². The van der Waals surface area contributed by atoms with E-state index in [1.54, 1.807) is 0 Å². The molecule has 2 fully saturated rings. The van der Waals surface area contributed by atoms with Crippen molar-refractivity contribution in [2.45, 2.75) is 12.4 Å². The first-order chi connectivity index (χ1) is 23.9. The fourth-order valence-corrected chi connectivity index (χ4v) is 5.18. The number of morpholine rings is 2. The van der Waals surface area contributed by atoms with Gasteiger partial charge in [-0.05, 0) is 60.7 Å². The third-order valence-electron chi connectivity index (χ3n) is 7.73. The highest BCUT2D eigenvalue weighted by molar-refractivity contribution is 6.06. The number of nitrogens with one attached hydrogen (secondary N) is 2. The molecule has 50 heavy (non-hydrogen) atoms. The summed E-state index contributed by atoms with van der Waals surface area (Å²) in [5.74, 6) is -0.979. The molecule has 264 valence electrons. The number of hydrogen-bond acceptors (Lipinski definition) is 8. The Morgan fingerprint density at radius 1 is 0.560 bits per heavy atom. The van der Waals surface area contributed by atoms with Crippen molar-refractivity contribution in [3.63, 3.8) is 0 Å². The van der Waals surface area contributed by atoms with Crippen LogP contribution in [0.5, 0.6) is 0 Å². The van der Waals surface area contributed by atoms with E-state index in [9.17, 15) is 35.9 Å². The second-order valence-corrected chi connectivity index (χ2v) is 11.0. The summed E-state index contributed by atoms with van der Waals surface area (Å²) in [4.78, 5) is 36.1. The molecule has 2 aliphatic heterocycles. The molecular weight excluding hydrogens is 670 g/mol. The minimum Gasteiger partial charge on any atom is -0.378 e. The van der Waals surface area contributed by atoms with Gasteiger partial charge in [0.2, 0.25) is 0 Å². The Balaban J connectivity index is 0.000000194. The number of anilines is 4. The summed E-state index contributed by atoms with van der Waals surface area (Å²) >= 11 is 0. The molecule has 0 saturated carbocycles. The first-order valence-corrected chi connectivity index (χ1v) is 15.4. The van der Waals surface area contributed by atoms with E-state index in [0.717, 1.165) is 24.3 Å². The molecule has 2 N–H and O–H groups in total. The van der Waals surface area contributed by atoms with Crippen LogP contribution in [0.15, 0.2) is 85.5 Å². The lowest BCUT2D eigenvalue weighted by Crippen LogP contribution is -2.36. The van der Waals surface area contributed by atoms with E-state index < -0.39 is 35.3 Å². The van der Waals surface area contributed by atoms with Crippen LogP contribution < -0.4 is 20.4 Å². The summed E-state index contributed by atoms with van der Waals surface area (Å²) in [5, 5.41) is 5.17. The van der Waals surface area contributed by atoms with Gasteiger partial charge >= 0.3 is 12.4 Å². The Bertz CT molecular complexity index is 1620. The molecule has 0 aliphatic carbocycles. The van der Waals surface area contributed by atoms with Gasteiger partial charge in [0.1, 0.15) is 0 Å². The van der Waals surface area contributed by atoms with E-state index in [4.69, 9.17) is 9.47 Å². The lowest BCUT2D eigenvalue weighted by Gasteiger charge is -2.31. The van der Waals surface area contributed by atoms with Crippen LogP contribution in [0.25, 0.3) is 0 Å². The summed E-state index contributed by atoms with van der Waals surface area (Å²) in [6.07, 6.45) is -3.18. The smallest absolute Gasteiger partial charge is 0.378 e. The van der Waals surface area contributed by atoms with Crippen molar-refractivity contribution >= 4 is 34.6 Å². The molecular formula is C34H32F6N6O4. The lowest BCUT2D eigenvalue weighted by atomic mass is 10.1. The van der Waals surface area contributed by atoms with Crippen LogP contribution in [0.4, 0.5) is 49.1 Å². The van der Waals surface area contributed by atoms with Crippen molar-refractivity contribution < 1.29 is 45.4 Å². The molecule has 2 aromatic heterocycles. The van der Waals surface area contributed by atoms with Gasteiger partial charge in [-0.3, -0.25) is 19.6 Å². The van der Waals surface area contributed by atoms with Gasteiger partial charge in [0.15, 0.2) is 0 Å². The van der Waals surface area contributed by atoms with Gasteiger partial charge < -0.3 is 29.9 Å². The van der Waals surface area contributed by atoms with Crippen molar-refractivity contribution in [2.24, 2.45) is 0 Å². The fraction of sp³-hybridized carbons (Fsp3) is 0.294. The standard InChI is InChI=1S/2C17H16F3N3O2/c2*18-17(19,20)13-1-2-15(23-7-9-25-10-8-23)14(11-13)22-16(24)12-3-5-21-6-4-12/h2*1-6,11H,7-10H2,(H,22,24). The summed E-state index contributed by atoms with van der Waals surface area (Å²) in [6, 6.07) is 12.7. The predicted molar refractivity (Wildman–Crippen MR) is 173 cm³/mol. The topological polar surface area (TPSA) is 109 Å². The van der Waals surface area contributed by atoms with Gasteiger partial charge in [0, 0.05) is 62.1 Å². The van der Waals surface area contributed by atoms with Crippen molar-refractivity contribution in [1.82, 2.24) is 9.97 Å². The van der Waals surface area contributed by atoms with Gasteiger partial charge in [0.05, 0.1) is 60.3 Å². The van der Waals surface area contributed by atoms with Gasteiger partial charge in [0.25, 0.3) is 11.8 Å². The number of aromatic nitrogens is 2. The van der Waals surface area contributed by atoms with Crippen LogP contribution in [0, 0.1) is 0 Å². The number of hydrogen-bond donors (Lipinski definition) is 2. The maximum Gasteiger partial charge on any atom is 0.416 e. The average Bonchev–Trinajstić information content (AvgIpc) is 3.12. The highest BCUT2D eigenvalue weighted by Gasteiger charge is 2.33. The minimum absolute atomic E-state index is 0.124. The SMILES string of the molecule is O=C(Nc1cc(C(F)(F)F)ccc1N1CCOCC1)c1ccncc1.O=C(Nc1cc(C(F)(F)F)ccc1N1CCOCC1)c1ccncc1. The normalized spacial score (nSPS) is 15.1. The minimum atomic E-state index is -4.49. The lowest BCUT2D eigenvalue weighted by molar-refractivity contribution is -0.138. The second-order valence-electron chi connectivity index (χ2n) is 11.0. The van der Waals surface area contributed by atoms with Crippen molar-refractivity contribution in [1.29, 1.82) is 0 Å². The van der Waals surface area contributed by atoms with E-state index in [0.29, 0.717) is 75.1 Å². The number of carbonyl (C=O) groups excluding carboxylic acids is 2. The molecule has 2 aromatic carbocycles. The Hall–Kier alpha value is -5.22. The number of nitrogens with zero attached hydrogens (tertiary/aromatic N) is 4. The summed E-state index contributed by atoms with van der Waals surface area (Å²) in [6.45, 7) is 4.12. The van der Waals surface area contributed by atoms with Crippen LogP contribution in [-0.2, 0) is 21.8 Å². The molecule has 10 nitrogen and oxygen atoms in total. The van der Waals surface area contributed by atoms with Crippen molar-refractivity contribution in [3.05, 3.63) is 108 Å². The van der Waals surface area contributed by atoms with Crippen LogP contribution >= 0.6 is 0 Å². The van der Waals surface area contributed by atoms with Crippen LogP contribution in [-0.4, -0.2) is 74.4 Å². The zero-order valence-electron chi connectivity index (χ0n) is 26.4. The van der Waals surface area contributed by atoms with Crippen LogP contribution in [0.1, 0.15) is 31.8 Å². The molecule has 0 spiro atoms. The van der Waals surface area contributed by atoms with Crippen molar-refractivity contribution in [2.75, 3.05) is 73.0 Å². The number of benzene rings is 2. The molecule has 2 saturated heterocycles. The molecule has 6 rings (SSSR count). The molecule has 4 heterocycles. The van der Waals surface area contributed by atoms with Gasteiger partial charge in [-0.15, -0.1) is 0 Å². The monoisotopic (exact) mass is 702 g/mol. The highest BCUT2D eigenvalue weighted by atomic mass is 19.4. The third kappa shape index (κ3) is 9.47. The molecule has 0 radical (unpaired) electrons. The highest BCUT2D eigenvalue weighted by Crippen LogP contribution is 2.37. The first kappa shape index (κ1) is 36.1. The maximum absolute atomic E-state index is 13.0. The van der Waals surface area contributed by atoms with Crippen LogP contribution in [0.2, 0.25) is 0 Å². The average molecular weight is 703 g/mol. The quantitative estimate of drug-likeness (QED) is 0.223. The molecule has 0 unspecified atom stereocenters. The third-order valence-corrected chi connectivity index (χ3v) is 7.73. The Morgan fingerprint density at radius 3 is 1.22 bits per heavy atom. The molecule has 2 amide bonds. The van der Waals surface area contributed by atoms with E-state index in [1.165, 1.54) is 61.2 Å². The molecule has 0 atom stereocenters. The zero-order valence-corrected chi connectivity index (χ0v) is 26.4. The fourth-order valence-electron chi connectivity index (χ4n) is 5.18. The molecule has 4 aromatic rings. The molecule has 2 aliphatic rings. The van der Waals surface area contributed by atoms with Crippen LogP contribution in [0.3, 0.4) is 0 Å². The Labute approximate surface area is 283 Å². The number of ether oxygens (including phenoxy) is 2. The number of carbonyl (C=O) groups is 2. The second kappa shape index (κ2) is 16.0. The summed E-state index contributed by atoms with van der Waals surface area (Å²) < 4.78 is 88.8. The number of rotatable bonds is 6. The molecule has 0 bridgehead atoms. The Kier molecular flexibility index (Phi) is 11.5. The van der Waals surface area contributed by atoms with E-state index in [1.807, 2.05) is 9.80 Å².